The number of pyridine rings is 1. The Kier molecular flexibility index (Phi) is 7.00. The summed E-state index contributed by atoms with van der Waals surface area (Å²) in [7, 11) is 0. The SMILES string of the molecule is CCN(c1ccccc1O)c1cc(Nc2ccc(F)c(NC(=O)N3CCCC3)c2)ncc1C(N)=O. The molecular weight excluding hydrogens is 451 g/mol. The molecule has 1 saturated heterocycles. The average molecular weight is 479 g/mol. The Morgan fingerprint density at radius 3 is 2.57 bits per heavy atom. The summed E-state index contributed by atoms with van der Waals surface area (Å²) in [5.41, 5.74) is 7.25. The van der Waals surface area contributed by atoms with Gasteiger partial charge in [-0.2, -0.15) is 0 Å². The molecule has 0 spiro atoms. The first-order chi connectivity index (χ1) is 16.9. The molecule has 3 aromatic rings. The van der Waals surface area contributed by atoms with Crippen LogP contribution in [0.1, 0.15) is 30.1 Å². The number of carbonyl (C=O) groups excluding carboxylic acids is 2. The topological polar surface area (TPSA) is 124 Å². The maximum Gasteiger partial charge on any atom is 0.321 e. The highest BCUT2D eigenvalue weighted by Crippen LogP contribution is 2.36. The summed E-state index contributed by atoms with van der Waals surface area (Å²) >= 11 is 0. The predicted molar refractivity (Wildman–Crippen MR) is 133 cm³/mol. The summed E-state index contributed by atoms with van der Waals surface area (Å²) in [4.78, 5) is 32.2. The number of primary amides is 1. The quantitative estimate of drug-likeness (QED) is 0.395. The van der Waals surface area contributed by atoms with Crippen LogP contribution < -0.4 is 21.3 Å². The van der Waals surface area contributed by atoms with Gasteiger partial charge in [-0.15, -0.1) is 0 Å². The summed E-state index contributed by atoms with van der Waals surface area (Å²) < 4.78 is 14.4. The molecule has 35 heavy (non-hydrogen) atoms. The van der Waals surface area contributed by atoms with Crippen LogP contribution in [-0.2, 0) is 0 Å². The molecule has 5 N–H and O–H groups in total. The minimum absolute atomic E-state index is 0.0465. The van der Waals surface area contributed by atoms with E-state index in [2.05, 4.69) is 15.6 Å². The first-order valence-corrected chi connectivity index (χ1v) is 11.3. The molecule has 0 aliphatic carbocycles. The lowest BCUT2D eigenvalue weighted by atomic mass is 10.1. The molecule has 0 bridgehead atoms. The molecule has 0 radical (unpaired) electrons. The Morgan fingerprint density at radius 1 is 1.14 bits per heavy atom. The van der Waals surface area contributed by atoms with E-state index in [0.717, 1.165) is 12.8 Å². The fraction of sp³-hybridized carbons (Fsp3) is 0.240. The van der Waals surface area contributed by atoms with Gasteiger partial charge in [-0.05, 0) is 50.1 Å². The summed E-state index contributed by atoms with van der Waals surface area (Å²) in [6, 6.07) is 12.3. The van der Waals surface area contributed by atoms with Crippen molar-refractivity contribution < 1.29 is 19.1 Å². The van der Waals surface area contributed by atoms with Crippen molar-refractivity contribution >= 4 is 40.5 Å². The van der Waals surface area contributed by atoms with Gasteiger partial charge in [0.15, 0.2) is 0 Å². The van der Waals surface area contributed by atoms with E-state index in [9.17, 15) is 19.1 Å². The zero-order valence-corrected chi connectivity index (χ0v) is 19.3. The summed E-state index contributed by atoms with van der Waals surface area (Å²) in [6.07, 6.45) is 3.22. The van der Waals surface area contributed by atoms with Gasteiger partial charge in [0.25, 0.3) is 5.91 Å². The first-order valence-electron chi connectivity index (χ1n) is 11.3. The number of nitrogens with two attached hydrogens (primary N) is 1. The van der Waals surface area contributed by atoms with Crippen molar-refractivity contribution in [2.75, 3.05) is 35.2 Å². The largest absolute Gasteiger partial charge is 0.506 e. The smallest absolute Gasteiger partial charge is 0.321 e. The number of para-hydroxylation sites is 2. The van der Waals surface area contributed by atoms with E-state index in [1.165, 1.54) is 24.4 Å². The van der Waals surface area contributed by atoms with E-state index in [1.54, 1.807) is 40.1 Å². The van der Waals surface area contributed by atoms with Crippen LogP contribution in [0.2, 0.25) is 0 Å². The number of phenols is 1. The number of phenolic OH excluding ortho intramolecular Hbond substituents is 1. The Balaban J connectivity index is 1.63. The third kappa shape index (κ3) is 5.26. The van der Waals surface area contributed by atoms with Gasteiger partial charge in [-0.25, -0.2) is 14.2 Å². The minimum atomic E-state index is -0.665. The maximum absolute atomic E-state index is 14.4. The van der Waals surface area contributed by atoms with Crippen molar-refractivity contribution in [2.45, 2.75) is 19.8 Å². The number of benzene rings is 2. The molecule has 0 atom stereocenters. The van der Waals surface area contributed by atoms with E-state index >= 15 is 0 Å². The van der Waals surface area contributed by atoms with E-state index < -0.39 is 11.7 Å². The second-order valence-electron chi connectivity index (χ2n) is 8.13. The fourth-order valence-electron chi connectivity index (χ4n) is 4.05. The number of likely N-dealkylation sites (tertiary alicyclic amines) is 1. The van der Waals surface area contributed by atoms with Crippen LogP contribution in [0.4, 0.5) is 37.8 Å². The van der Waals surface area contributed by atoms with E-state index in [0.29, 0.717) is 42.5 Å². The van der Waals surface area contributed by atoms with Crippen molar-refractivity contribution in [1.29, 1.82) is 0 Å². The van der Waals surface area contributed by atoms with Gasteiger partial charge >= 0.3 is 6.03 Å². The van der Waals surface area contributed by atoms with Gasteiger partial charge in [0, 0.05) is 37.6 Å². The Labute approximate surface area is 202 Å². The zero-order chi connectivity index (χ0) is 24.9. The lowest BCUT2D eigenvalue weighted by Crippen LogP contribution is -2.32. The highest BCUT2D eigenvalue weighted by Gasteiger charge is 2.21. The minimum Gasteiger partial charge on any atom is -0.506 e. The first kappa shape index (κ1) is 23.8. The number of rotatable bonds is 7. The zero-order valence-electron chi connectivity index (χ0n) is 19.3. The molecular formula is C25H27FN6O3. The van der Waals surface area contributed by atoms with Crippen LogP contribution >= 0.6 is 0 Å². The van der Waals surface area contributed by atoms with Crippen molar-refractivity contribution in [3.05, 3.63) is 66.1 Å². The molecule has 9 nitrogen and oxygen atoms in total. The molecule has 1 aromatic heterocycles. The molecule has 2 aromatic carbocycles. The van der Waals surface area contributed by atoms with Crippen molar-refractivity contribution in [2.24, 2.45) is 5.73 Å². The van der Waals surface area contributed by atoms with Crippen LogP contribution in [0.25, 0.3) is 0 Å². The van der Waals surface area contributed by atoms with Gasteiger partial charge in [-0.1, -0.05) is 12.1 Å². The summed E-state index contributed by atoms with van der Waals surface area (Å²) in [5, 5.41) is 16.1. The van der Waals surface area contributed by atoms with Crippen LogP contribution in [0.5, 0.6) is 5.75 Å². The fourth-order valence-corrected chi connectivity index (χ4v) is 4.05. The van der Waals surface area contributed by atoms with Gasteiger partial charge in [0.05, 0.1) is 22.6 Å². The van der Waals surface area contributed by atoms with E-state index in [4.69, 9.17) is 5.73 Å². The van der Waals surface area contributed by atoms with Crippen molar-refractivity contribution in [3.8, 4) is 5.75 Å². The van der Waals surface area contributed by atoms with Crippen LogP contribution in [0.3, 0.4) is 0 Å². The number of carbonyl (C=O) groups is 2. The maximum atomic E-state index is 14.4. The second kappa shape index (κ2) is 10.3. The molecule has 10 heteroatoms. The standard InChI is InChI=1S/C25H27FN6O3/c1-2-32(20-7-3-4-8-22(20)33)21-14-23(28-15-17(21)24(27)34)29-16-9-10-18(26)19(13-16)30-25(35)31-11-5-6-12-31/h3-4,7-10,13-15,33H,2,5-6,11-12H2,1H3,(H2,27,34)(H,28,29)(H,30,35). The van der Waals surface area contributed by atoms with E-state index in [-0.39, 0.29) is 23.0 Å². The Morgan fingerprint density at radius 2 is 1.89 bits per heavy atom. The number of urea groups is 1. The normalized spacial score (nSPS) is 12.9. The average Bonchev–Trinajstić information content (AvgIpc) is 3.38. The highest BCUT2D eigenvalue weighted by atomic mass is 19.1. The second-order valence-corrected chi connectivity index (χ2v) is 8.13. The van der Waals surface area contributed by atoms with E-state index in [1.807, 2.05) is 6.92 Å². The number of anilines is 5. The summed E-state index contributed by atoms with van der Waals surface area (Å²) in [6.45, 7) is 3.61. The number of nitrogens with one attached hydrogen (secondary N) is 2. The third-order valence-electron chi connectivity index (χ3n) is 5.80. The highest BCUT2D eigenvalue weighted by molar-refractivity contribution is 6.00. The number of amides is 3. The van der Waals surface area contributed by atoms with Gasteiger partial charge < -0.3 is 31.3 Å². The number of nitrogens with zero attached hydrogens (tertiary/aromatic N) is 3. The Hall–Kier alpha value is -4.34. The van der Waals surface area contributed by atoms with Crippen LogP contribution in [0.15, 0.2) is 54.7 Å². The molecule has 1 aliphatic rings. The molecule has 2 heterocycles. The molecule has 4 rings (SSSR count). The third-order valence-corrected chi connectivity index (χ3v) is 5.80. The lowest BCUT2D eigenvalue weighted by molar-refractivity contribution is 0.100. The summed E-state index contributed by atoms with van der Waals surface area (Å²) in [5.74, 6) is -0.811. The molecule has 0 saturated carbocycles. The molecule has 0 unspecified atom stereocenters. The molecule has 182 valence electrons. The number of aromatic nitrogens is 1. The number of hydrogen-bond donors (Lipinski definition) is 4. The monoisotopic (exact) mass is 478 g/mol. The van der Waals surface area contributed by atoms with Gasteiger partial charge in [-0.3, -0.25) is 4.79 Å². The number of halogens is 1. The van der Waals surface area contributed by atoms with Crippen LogP contribution in [-0.4, -0.2) is 46.6 Å². The number of aromatic hydroxyl groups is 1. The lowest BCUT2D eigenvalue weighted by Gasteiger charge is -2.26. The van der Waals surface area contributed by atoms with Crippen molar-refractivity contribution in [1.82, 2.24) is 9.88 Å². The van der Waals surface area contributed by atoms with Gasteiger partial charge in [0.1, 0.15) is 17.4 Å². The molecule has 3 amide bonds. The van der Waals surface area contributed by atoms with Crippen LogP contribution in [0, 0.1) is 5.82 Å². The Bertz CT molecular complexity index is 1250. The molecule has 1 fully saturated rings. The predicted octanol–water partition coefficient (Wildman–Crippen LogP) is 4.55. The van der Waals surface area contributed by atoms with Crippen molar-refractivity contribution in [3.63, 3.8) is 0 Å². The van der Waals surface area contributed by atoms with Gasteiger partial charge in [0.2, 0.25) is 0 Å². The number of hydrogen-bond acceptors (Lipinski definition) is 6. The molecule has 1 aliphatic heterocycles.